The van der Waals surface area contributed by atoms with Crippen LogP contribution in [0.2, 0.25) is 0 Å². The van der Waals surface area contributed by atoms with Gasteiger partial charge in [0.05, 0.1) is 24.4 Å². The topological polar surface area (TPSA) is 76.2 Å². The molecular formula is C19H21F2N5O2. The maximum absolute atomic E-state index is 13.5. The maximum Gasteiger partial charge on any atom is 0.266 e. The van der Waals surface area contributed by atoms with Gasteiger partial charge in [-0.15, -0.1) is 0 Å². The number of halogens is 2. The van der Waals surface area contributed by atoms with Gasteiger partial charge in [0, 0.05) is 31.5 Å². The minimum atomic E-state index is -2.69. The van der Waals surface area contributed by atoms with Crippen LogP contribution in [-0.4, -0.2) is 59.0 Å². The standard InChI is InChI=1S/C19H21F2N5O2/c1-12(9-27-2)28-13-3-4-15-14(7-13)18(25-24-15)16-8-17(23-11-22-16)26-6-5-19(20,21)10-26/h3-4,7-8,11-12H,5-6,9-10H2,1-2H3,(H,24,25)/t12-/m0/s1. The van der Waals surface area contributed by atoms with Crippen molar-refractivity contribution < 1.29 is 18.3 Å². The van der Waals surface area contributed by atoms with Gasteiger partial charge in [-0.25, -0.2) is 18.7 Å². The van der Waals surface area contributed by atoms with Gasteiger partial charge in [0.25, 0.3) is 5.92 Å². The smallest absolute Gasteiger partial charge is 0.266 e. The number of ether oxygens (including phenoxy) is 2. The van der Waals surface area contributed by atoms with Gasteiger partial charge in [-0.2, -0.15) is 5.10 Å². The number of anilines is 1. The van der Waals surface area contributed by atoms with E-state index >= 15 is 0 Å². The van der Waals surface area contributed by atoms with Crippen molar-refractivity contribution in [3.8, 4) is 17.1 Å². The van der Waals surface area contributed by atoms with Crippen LogP contribution in [0.25, 0.3) is 22.3 Å². The van der Waals surface area contributed by atoms with Crippen LogP contribution in [-0.2, 0) is 4.74 Å². The molecule has 148 valence electrons. The molecule has 0 amide bonds. The van der Waals surface area contributed by atoms with Crippen molar-refractivity contribution in [1.29, 1.82) is 0 Å². The van der Waals surface area contributed by atoms with E-state index in [1.165, 1.54) is 6.33 Å². The summed E-state index contributed by atoms with van der Waals surface area (Å²) in [7, 11) is 1.63. The van der Waals surface area contributed by atoms with Crippen LogP contribution in [0.5, 0.6) is 5.75 Å². The van der Waals surface area contributed by atoms with Crippen LogP contribution in [0.15, 0.2) is 30.6 Å². The lowest BCUT2D eigenvalue weighted by Gasteiger charge is -2.17. The lowest BCUT2D eigenvalue weighted by molar-refractivity contribution is 0.0256. The van der Waals surface area contributed by atoms with Crippen LogP contribution in [0.4, 0.5) is 14.6 Å². The number of alkyl halides is 2. The van der Waals surface area contributed by atoms with Crippen LogP contribution in [0.1, 0.15) is 13.3 Å². The Morgan fingerprint density at radius 2 is 2.14 bits per heavy atom. The molecule has 2 aromatic heterocycles. The van der Waals surface area contributed by atoms with Crippen LogP contribution in [0, 0.1) is 0 Å². The molecule has 1 saturated heterocycles. The normalized spacial score (nSPS) is 17.2. The first-order chi connectivity index (χ1) is 13.4. The van der Waals surface area contributed by atoms with Crippen LogP contribution >= 0.6 is 0 Å². The molecule has 4 rings (SSSR count). The van der Waals surface area contributed by atoms with E-state index in [1.54, 1.807) is 18.1 Å². The number of H-pyrrole nitrogens is 1. The summed E-state index contributed by atoms with van der Waals surface area (Å²) in [4.78, 5) is 10.0. The van der Waals surface area contributed by atoms with Crippen molar-refractivity contribution in [3.05, 3.63) is 30.6 Å². The van der Waals surface area contributed by atoms with E-state index in [0.29, 0.717) is 29.6 Å². The molecule has 1 aliphatic heterocycles. The second kappa shape index (κ2) is 7.31. The largest absolute Gasteiger partial charge is 0.488 e. The Morgan fingerprint density at radius 3 is 2.89 bits per heavy atom. The molecule has 1 aliphatic rings. The van der Waals surface area contributed by atoms with Gasteiger partial charge >= 0.3 is 0 Å². The van der Waals surface area contributed by atoms with Gasteiger partial charge in [0.15, 0.2) is 0 Å². The third-order valence-corrected chi connectivity index (χ3v) is 4.66. The van der Waals surface area contributed by atoms with Crippen molar-refractivity contribution in [2.24, 2.45) is 0 Å². The summed E-state index contributed by atoms with van der Waals surface area (Å²) in [5.74, 6) is -1.53. The van der Waals surface area contributed by atoms with Gasteiger partial charge in [-0.3, -0.25) is 5.10 Å². The van der Waals surface area contributed by atoms with Crippen LogP contribution in [0.3, 0.4) is 0 Å². The molecule has 1 atom stereocenters. The highest BCUT2D eigenvalue weighted by Crippen LogP contribution is 2.33. The molecule has 3 heterocycles. The number of fused-ring (bicyclic) bond motifs is 1. The van der Waals surface area contributed by atoms with E-state index in [2.05, 4.69) is 20.2 Å². The van der Waals surface area contributed by atoms with E-state index in [1.807, 2.05) is 25.1 Å². The summed E-state index contributed by atoms with van der Waals surface area (Å²) in [5, 5.41) is 8.16. The average Bonchev–Trinajstić information content (AvgIpc) is 3.24. The fourth-order valence-electron chi connectivity index (χ4n) is 3.34. The third-order valence-electron chi connectivity index (χ3n) is 4.66. The minimum Gasteiger partial charge on any atom is -0.488 e. The highest BCUT2D eigenvalue weighted by Gasteiger charge is 2.38. The monoisotopic (exact) mass is 389 g/mol. The van der Waals surface area contributed by atoms with Gasteiger partial charge in [0.1, 0.15) is 29.7 Å². The maximum atomic E-state index is 13.5. The average molecular weight is 389 g/mol. The second-order valence-electron chi connectivity index (χ2n) is 6.95. The molecule has 0 saturated carbocycles. The molecule has 9 heteroatoms. The molecule has 3 aromatic rings. The Labute approximate surface area is 160 Å². The fraction of sp³-hybridized carbons (Fsp3) is 0.421. The van der Waals surface area contributed by atoms with Crippen molar-refractivity contribution in [1.82, 2.24) is 20.2 Å². The molecule has 0 radical (unpaired) electrons. The lowest BCUT2D eigenvalue weighted by Crippen LogP contribution is -2.25. The Kier molecular flexibility index (Phi) is 4.84. The minimum absolute atomic E-state index is 0.0970. The molecular weight excluding hydrogens is 368 g/mol. The van der Waals surface area contributed by atoms with Crippen molar-refractivity contribution in [2.45, 2.75) is 25.4 Å². The number of hydrogen-bond donors (Lipinski definition) is 1. The molecule has 0 aliphatic carbocycles. The first-order valence-corrected chi connectivity index (χ1v) is 9.04. The summed E-state index contributed by atoms with van der Waals surface area (Å²) in [6.45, 7) is 2.33. The number of benzene rings is 1. The zero-order chi connectivity index (χ0) is 19.7. The number of nitrogens with zero attached hydrogens (tertiary/aromatic N) is 4. The van der Waals surface area contributed by atoms with Crippen molar-refractivity contribution in [3.63, 3.8) is 0 Å². The number of nitrogens with one attached hydrogen (secondary N) is 1. The van der Waals surface area contributed by atoms with Gasteiger partial charge in [-0.1, -0.05) is 0 Å². The Morgan fingerprint density at radius 1 is 1.29 bits per heavy atom. The molecule has 0 bridgehead atoms. The molecule has 1 aromatic carbocycles. The SMILES string of the molecule is COC[C@H](C)Oc1ccc2[nH]nc(-c3cc(N4CCC(F)(F)C4)ncn3)c2c1. The molecule has 0 unspecified atom stereocenters. The lowest BCUT2D eigenvalue weighted by atomic mass is 10.1. The summed E-state index contributed by atoms with van der Waals surface area (Å²) < 4.78 is 38.0. The van der Waals surface area contributed by atoms with E-state index in [4.69, 9.17) is 9.47 Å². The molecule has 0 spiro atoms. The van der Waals surface area contributed by atoms with E-state index in [9.17, 15) is 8.78 Å². The highest BCUT2D eigenvalue weighted by molar-refractivity contribution is 5.93. The predicted octanol–water partition coefficient (Wildman–Crippen LogP) is 3.28. The fourth-order valence-corrected chi connectivity index (χ4v) is 3.34. The highest BCUT2D eigenvalue weighted by atomic mass is 19.3. The van der Waals surface area contributed by atoms with Gasteiger partial charge < -0.3 is 14.4 Å². The molecule has 7 nitrogen and oxygen atoms in total. The quantitative estimate of drug-likeness (QED) is 0.697. The van der Waals surface area contributed by atoms with Gasteiger partial charge in [0.2, 0.25) is 0 Å². The zero-order valence-electron chi connectivity index (χ0n) is 15.7. The second-order valence-corrected chi connectivity index (χ2v) is 6.95. The van der Waals surface area contributed by atoms with E-state index in [0.717, 1.165) is 10.9 Å². The Bertz CT molecular complexity index is 978. The summed E-state index contributed by atoms with van der Waals surface area (Å²) in [6.07, 6.45) is 1.11. The molecule has 1 N–H and O–H groups in total. The molecule has 1 fully saturated rings. The van der Waals surface area contributed by atoms with Gasteiger partial charge in [-0.05, 0) is 25.1 Å². The van der Waals surface area contributed by atoms with Crippen molar-refractivity contribution in [2.75, 3.05) is 31.7 Å². The summed E-state index contributed by atoms with van der Waals surface area (Å²) in [5.41, 5.74) is 2.01. The molecule has 28 heavy (non-hydrogen) atoms. The third kappa shape index (κ3) is 3.75. The summed E-state index contributed by atoms with van der Waals surface area (Å²) >= 11 is 0. The number of aromatic nitrogens is 4. The first kappa shape index (κ1) is 18.5. The number of rotatable bonds is 6. The predicted molar refractivity (Wildman–Crippen MR) is 101 cm³/mol. The number of methoxy groups -OCH3 is 1. The first-order valence-electron chi connectivity index (χ1n) is 9.04. The summed E-state index contributed by atoms with van der Waals surface area (Å²) in [6, 6.07) is 7.31. The Balaban J connectivity index is 1.64. The van der Waals surface area contributed by atoms with E-state index in [-0.39, 0.29) is 25.6 Å². The number of aromatic amines is 1. The number of hydrogen-bond acceptors (Lipinski definition) is 6. The zero-order valence-corrected chi connectivity index (χ0v) is 15.7. The van der Waals surface area contributed by atoms with Crippen LogP contribution < -0.4 is 9.64 Å². The Hall–Kier alpha value is -2.81. The van der Waals surface area contributed by atoms with E-state index < -0.39 is 5.92 Å². The van der Waals surface area contributed by atoms with Crippen molar-refractivity contribution >= 4 is 16.7 Å².